The summed E-state index contributed by atoms with van der Waals surface area (Å²) >= 11 is 0. The summed E-state index contributed by atoms with van der Waals surface area (Å²) in [5.41, 5.74) is 4.58. The average molecular weight is 421 g/mol. The standard InChI is InChI=1S/C11H9F2NO4.C11H13F/c1-4(15)8(10(14)16)6-2-5(12)3-7(13)9(6)11(17)18;12-11-6-2-5-10(8-11)7-9-3-1-4-9/h2-3,8H,1H3,(H2,14,16)(H,17,18);2,5-6,8-9H,1,3-4,7H2. The van der Waals surface area contributed by atoms with E-state index in [1.807, 2.05) is 6.07 Å². The molecule has 0 spiro atoms. The predicted octanol–water partition coefficient (Wildman–Crippen LogP) is 3.99. The van der Waals surface area contributed by atoms with Crippen molar-refractivity contribution >= 4 is 17.7 Å². The highest BCUT2D eigenvalue weighted by molar-refractivity contribution is 6.07. The molecule has 1 unspecified atom stereocenters. The van der Waals surface area contributed by atoms with Gasteiger partial charge in [0.25, 0.3) is 0 Å². The molecule has 3 rings (SSSR count). The minimum Gasteiger partial charge on any atom is -0.478 e. The molecule has 1 fully saturated rings. The molecule has 0 bridgehead atoms. The number of benzene rings is 2. The Bertz CT molecular complexity index is 943. The highest BCUT2D eigenvalue weighted by Crippen LogP contribution is 2.29. The van der Waals surface area contributed by atoms with Crippen LogP contribution in [0.3, 0.4) is 0 Å². The first-order valence-electron chi connectivity index (χ1n) is 9.36. The van der Waals surface area contributed by atoms with E-state index in [9.17, 15) is 27.6 Å². The van der Waals surface area contributed by atoms with Crippen LogP contribution in [0.2, 0.25) is 0 Å². The molecule has 3 N–H and O–H groups in total. The van der Waals surface area contributed by atoms with Crippen molar-refractivity contribution in [2.45, 2.75) is 38.5 Å². The number of primary amides is 1. The van der Waals surface area contributed by atoms with Gasteiger partial charge in [-0.05, 0) is 48.6 Å². The first kappa shape index (κ1) is 23.1. The van der Waals surface area contributed by atoms with E-state index in [2.05, 4.69) is 0 Å². The number of carboxylic acids is 1. The van der Waals surface area contributed by atoms with Crippen LogP contribution in [0.15, 0.2) is 36.4 Å². The van der Waals surface area contributed by atoms with E-state index in [1.165, 1.54) is 25.3 Å². The van der Waals surface area contributed by atoms with Gasteiger partial charge in [-0.15, -0.1) is 0 Å². The Labute approximate surface area is 171 Å². The molecule has 1 aliphatic rings. The third kappa shape index (κ3) is 5.92. The monoisotopic (exact) mass is 421 g/mol. The van der Waals surface area contributed by atoms with Crippen molar-refractivity contribution < 1.29 is 32.7 Å². The van der Waals surface area contributed by atoms with Crippen molar-refractivity contribution in [3.63, 3.8) is 0 Å². The number of ketones is 1. The zero-order chi connectivity index (χ0) is 22.4. The number of hydrogen-bond donors (Lipinski definition) is 2. The molecule has 2 aromatic rings. The Hall–Kier alpha value is -3.16. The Morgan fingerprint density at radius 3 is 2.23 bits per heavy atom. The number of carboxylic acid groups (broad SMARTS) is 1. The summed E-state index contributed by atoms with van der Waals surface area (Å²) in [6.07, 6.45) is 5.09. The smallest absolute Gasteiger partial charge is 0.339 e. The van der Waals surface area contributed by atoms with Crippen LogP contribution in [0.25, 0.3) is 0 Å². The number of Topliss-reactive ketones (excluding diaryl/α,β-unsaturated/α-hetero) is 1. The maximum Gasteiger partial charge on any atom is 0.339 e. The van der Waals surface area contributed by atoms with Gasteiger partial charge in [0, 0.05) is 6.07 Å². The molecular weight excluding hydrogens is 399 g/mol. The minimum absolute atomic E-state index is 0.105. The van der Waals surface area contributed by atoms with E-state index in [4.69, 9.17) is 10.8 Å². The van der Waals surface area contributed by atoms with E-state index < -0.39 is 46.3 Å². The third-order valence-electron chi connectivity index (χ3n) is 4.94. The van der Waals surface area contributed by atoms with Crippen LogP contribution in [0, 0.1) is 23.4 Å². The average Bonchev–Trinajstić information content (AvgIpc) is 2.57. The lowest BCUT2D eigenvalue weighted by Gasteiger charge is -2.25. The summed E-state index contributed by atoms with van der Waals surface area (Å²) < 4.78 is 39.2. The molecule has 2 aromatic carbocycles. The predicted molar refractivity (Wildman–Crippen MR) is 103 cm³/mol. The largest absolute Gasteiger partial charge is 0.478 e. The second-order valence-corrected chi connectivity index (χ2v) is 7.23. The lowest BCUT2D eigenvalue weighted by atomic mass is 9.81. The molecule has 30 heavy (non-hydrogen) atoms. The maximum absolute atomic E-state index is 13.4. The topological polar surface area (TPSA) is 97.5 Å². The number of aromatic carboxylic acids is 1. The molecule has 0 heterocycles. The van der Waals surface area contributed by atoms with Gasteiger partial charge in [0.05, 0.1) is 5.56 Å². The number of nitrogens with two attached hydrogens (primary N) is 1. The number of hydrogen-bond acceptors (Lipinski definition) is 3. The van der Waals surface area contributed by atoms with E-state index in [1.54, 1.807) is 12.1 Å². The van der Waals surface area contributed by atoms with Crippen LogP contribution in [0.5, 0.6) is 0 Å². The molecule has 0 radical (unpaired) electrons. The van der Waals surface area contributed by atoms with Gasteiger partial charge in [-0.2, -0.15) is 0 Å². The maximum atomic E-state index is 13.4. The van der Waals surface area contributed by atoms with Crippen LogP contribution in [0.1, 0.15) is 53.6 Å². The van der Waals surface area contributed by atoms with E-state index >= 15 is 0 Å². The van der Waals surface area contributed by atoms with E-state index in [0.717, 1.165) is 24.8 Å². The molecule has 0 saturated heterocycles. The van der Waals surface area contributed by atoms with Crippen molar-refractivity contribution in [3.8, 4) is 0 Å². The summed E-state index contributed by atoms with van der Waals surface area (Å²) in [5, 5.41) is 8.82. The van der Waals surface area contributed by atoms with E-state index in [-0.39, 0.29) is 5.82 Å². The molecule has 1 amide bonds. The van der Waals surface area contributed by atoms with Crippen LogP contribution >= 0.6 is 0 Å². The van der Waals surface area contributed by atoms with Crippen LogP contribution in [0.4, 0.5) is 13.2 Å². The number of rotatable bonds is 6. The summed E-state index contributed by atoms with van der Waals surface area (Å²) in [7, 11) is 0. The lowest BCUT2D eigenvalue weighted by molar-refractivity contribution is -0.127. The molecule has 0 aliphatic heterocycles. The highest BCUT2D eigenvalue weighted by atomic mass is 19.1. The van der Waals surface area contributed by atoms with E-state index in [0.29, 0.717) is 12.1 Å². The highest BCUT2D eigenvalue weighted by Gasteiger charge is 2.30. The van der Waals surface area contributed by atoms with Gasteiger partial charge in [-0.1, -0.05) is 31.4 Å². The van der Waals surface area contributed by atoms with Crippen LogP contribution < -0.4 is 5.73 Å². The number of halogens is 3. The molecule has 160 valence electrons. The van der Waals surface area contributed by atoms with Gasteiger partial charge >= 0.3 is 5.97 Å². The van der Waals surface area contributed by atoms with Crippen molar-refractivity contribution in [2.75, 3.05) is 0 Å². The Kier molecular flexibility index (Phi) is 7.74. The number of carbonyl (C=O) groups excluding carboxylic acids is 2. The first-order valence-corrected chi connectivity index (χ1v) is 9.36. The van der Waals surface area contributed by atoms with Crippen molar-refractivity contribution in [3.05, 3.63) is 70.5 Å². The second-order valence-electron chi connectivity index (χ2n) is 7.23. The molecule has 1 saturated carbocycles. The Morgan fingerprint density at radius 1 is 1.10 bits per heavy atom. The number of amides is 1. The molecule has 1 atom stereocenters. The first-order chi connectivity index (χ1) is 14.1. The SMILES string of the molecule is CC(=O)C(C(N)=O)c1cc(F)cc(F)c1C(=O)O.Fc1cccc(CC2CCC2)c1. The normalized spacial score (nSPS) is 14.1. The van der Waals surface area contributed by atoms with Crippen molar-refractivity contribution in [1.82, 2.24) is 0 Å². The van der Waals surface area contributed by atoms with Gasteiger partial charge in [0.15, 0.2) is 0 Å². The quantitative estimate of drug-likeness (QED) is 0.689. The molecule has 1 aliphatic carbocycles. The van der Waals surface area contributed by atoms with Gasteiger partial charge < -0.3 is 10.8 Å². The molecule has 8 heteroatoms. The summed E-state index contributed by atoms with van der Waals surface area (Å²) in [6.45, 7) is 0.976. The van der Waals surface area contributed by atoms with Gasteiger partial charge in [-0.25, -0.2) is 18.0 Å². The fourth-order valence-electron chi connectivity index (χ4n) is 3.31. The molecule has 5 nitrogen and oxygen atoms in total. The fraction of sp³-hybridized carbons (Fsp3) is 0.318. The summed E-state index contributed by atoms with van der Waals surface area (Å²) in [5.74, 6) is -7.12. The van der Waals surface area contributed by atoms with Crippen molar-refractivity contribution in [1.29, 1.82) is 0 Å². The lowest BCUT2D eigenvalue weighted by Crippen LogP contribution is -2.29. The van der Waals surface area contributed by atoms with Gasteiger partial charge in [0.1, 0.15) is 29.2 Å². The van der Waals surface area contributed by atoms with Crippen LogP contribution in [-0.2, 0) is 16.0 Å². The summed E-state index contributed by atoms with van der Waals surface area (Å²) in [4.78, 5) is 33.2. The van der Waals surface area contributed by atoms with Gasteiger partial charge in [-0.3, -0.25) is 9.59 Å². The molecule has 0 aromatic heterocycles. The second kappa shape index (κ2) is 10.0. The molecular formula is C22H22F3NO4. The number of carbonyl (C=O) groups is 3. The van der Waals surface area contributed by atoms with Gasteiger partial charge in [0.2, 0.25) is 5.91 Å². The Morgan fingerprint density at radius 2 is 1.77 bits per heavy atom. The van der Waals surface area contributed by atoms with Crippen molar-refractivity contribution in [2.24, 2.45) is 11.7 Å². The Balaban J connectivity index is 0.000000230. The minimum atomic E-state index is -1.71. The third-order valence-corrected chi connectivity index (χ3v) is 4.94. The zero-order valence-electron chi connectivity index (χ0n) is 16.3. The summed E-state index contributed by atoms with van der Waals surface area (Å²) in [6, 6.07) is 7.93. The van der Waals surface area contributed by atoms with Crippen LogP contribution in [-0.4, -0.2) is 22.8 Å². The fourth-order valence-corrected chi connectivity index (χ4v) is 3.31. The zero-order valence-corrected chi connectivity index (χ0v) is 16.3.